The number of hydrogen-bond donors (Lipinski definition) is 1. The Labute approximate surface area is 94.0 Å². The van der Waals surface area contributed by atoms with Crippen LogP contribution >= 0.6 is 11.3 Å². The van der Waals surface area contributed by atoms with E-state index in [1.54, 1.807) is 11.3 Å². The summed E-state index contributed by atoms with van der Waals surface area (Å²) in [6.07, 6.45) is 0. The number of nitrogens with zero attached hydrogens (tertiary/aromatic N) is 1. The molecule has 0 unspecified atom stereocenters. The Balaban J connectivity index is 2.02. The topological polar surface area (TPSA) is 24.9 Å². The number of anilines is 1. The van der Waals surface area contributed by atoms with Crippen molar-refractivity contribution >= 4 is 17.0 Å². The standard InChI is InChI=1S/C12H14N2S/c1-9-5-3-4-6-12(9)13-7-11-8-15-10(2)14-11/h3-6,8,13H,7H2,1-2H3. The van der Waals surface area contributed by atoms with Crippen molar-refractivity contribution in [1.82, 2.24) is 4.98 Å². The van der Waals surface area contributed by atoms with Crippen LogP contribution in [0.4, 0.5) is 5.69 Å². The number of nitrogens with one attached hydrogen (secondary N) is 1. The summed E-state index contributed by atoms with van der Waals surface area (Å²) >= 11 is 1.69. The van der Waals surface area contributed by atoms with Crippen molar-refractivity contribution in [3.05, 3.63) is 45.9 Å². The summed E-state index contributed by atoms with van der Waals surface area (Å²) < 4.78 is 0. The van der Waals surface area contributed by atoms with E-state index < -0.39 is 0 Å². The predicted molar refractivity (Wildman–Crippen MR) is 65.4 cm³/mol. The summed E-state index contributed by atoms with van der Waals surface area (Å²) in [5, 5.41) is 6.61. The van der Waals surface area contributed by atoms with Crippen LogP contribution in [0.5, 0.6) is 0 Å². The minimum atomic E-state index is 0.801. The van der Waals surface area contributed by atoms with Gasteiger partial charge in [-0.15, -0.1) is 11.3 Å². The Kier molecular flexibility index (Phi) is 3.02. The minimum absolute atomic E-state index is 0.801. The number of hydrogen-bond acceptors (Lipinski definition) is 3. The van der Waals surface area contributed by atoms with E-state index in [1.807, 2.05) is 19.1 Å². The van der Waals surface area contributed by atoms with Crippen LogP contribution < -0.4 is 5.32 Å². The smallest absolute Gasteiger partial charge is 0.0898 e. The summed E-state index contributed by atoms with van der Waals surface area (Å²) in [4.78, 5) is 4.41. The first-order valence-electron chi connectivity index (χ1n) is 4.96. The molecular weight excluding hydrogens is 204 g/mol. The Hall–Kier alpha value is -1.35. The highest BCUT2D eigenvalue weighted by molar-refractivity contribution is 7.09. The van der Waals surface area contributed by atoms with E-state index in [2.05, 4.69) is 34.7 Å². The van der Waals surface area contributed by atoms with Crippen molar-refractivity contribution in [2.75, 3.05) is 5.32 Å². The molecule has 0 aliphatic rings. The quantitative estimate of drug-likeness (QED) is 0.854. The van der Waals surface area contributed by atoms with Crippen molar-refractivity contribution in [2.24, 2.45) is 0 Å². The molecule has 0 saturated carbocycles. The lowest BCUT2D eigenvalue weighted by Gasteiger charge is -2.07. The maximum absolute atomic E-state index is 4.41. The highest BCUT2D eigenvalue weighted by Crippen LogP contribution is 2.15. The first kappa shape index (κ1) is 10.2. The zero-order valence-corrected chi connectivity index (χ0v) is 9.77. The second kappa shape index (κ2) is 4.45. The second-order valence-electron chi connectivity index (χ2n) is 3.53. The van der Waals surface area contributed by atoms with Gasteiger partial charge >= 0.3 is 0 Å². The Morgan fingerprint density at radius 3 is 2.73 bits per heavy atom. The van der Waals surface area contributed by atoms with Crippen LogP contribution in [-0.2, 0) is 6.54 Å². The lowest BCUT2D eigenvalue weighted by Crippen LogP contribution is -2.00. The second-order valence-corrected chi connectivity index (χ2v) is 4.59. The fourth-order valence-electron chi connectivity index (χ4n) is 1.45. The molecule has 2 aromatic rings. The van der Waals surface area contributed by atoms with E-state index in [1.165, 1.54) is 11.3 Å². The molecule has 1 aromatic heterocycles. The van der Waals surface area contributed by atoms with Gasteiger partial charge in [0.2, 0.25) is 0 Å². The molecule has 1 heterocycles. The van der Waals surface area contributed by atoms with Gasteiger partial charge < -0.3 is 5.32 Å². The largest absolute Gasteiger partial charge is 0.379 e. The molecule has 0 saturated heterocycles. The van der Waals surface area contributed by atoms with Crippen LogP contribution in [0.25, 0.3) is 0 Å². The zero-order valence-electron chi connectivity index (χ0n) is 8.95. The molecule has 0 radical (unpaired) electrons. The van der Waals surface area contributed by atoms with Crippen LogP contribution in [0.1, 0.15) is 16.3 Å². The molecular formula is C12H14N2S. The van der Waals surface area contributed by atoms with E-state index >= 15 is 0 Å². The maximum atomic E-state index is 4.41. The molecule has 0 spiro atoms. The molecule has 3 heteroatoms. The fourth-order valence-corrected chi connectivity index (χ4v) is 2.06. The van der Waals surface area contributed by atoms with E-state index in [-0.39, 0.29) is 0 Å². The third-order valence-corrected chi connectivity index (χ3v) is 3.09. The monoisotopic (exact) mass is 218 g/mol. The first-order valence-corrected chi connectivity index (χ1v) is 5.84. The van der Waals surface area contributed by atoms with Crippen LogP contribution in [0.3, 0.4) is 0 Å². The van der Waals surface area contributed by atoms with Gasteiger partial charge in [-0.1, -0.05) is 18.2 Å². The molecule has 0 amide bonds. The maximum Gasteiger partial charge on any atom is 0.0898 e. The third kappa shape index (κ3) is 2.57. The molecule has 15 heavy (non-hydrogen) atoms. The fraction of sp³-hybridized carbons (Fsp3) is 0.250. The average molecular weight is 218 g/mol. The molecule has 0 atom stereocenters. The first-order chi connectivity index (χ1) is 7.25. The number of rotatable bonds is 3. The molecule has 0 fully saturated rings. The SMILES string of the molecule is Cc1nc(CNc2ccccc2C)cs1. The van der Waals surface area contributed by atoms with Crippen molar-refractivity contribution in [1.29, 1.82) is 0 Å². The van der Waals surface area contributed by atoms with E-state index in [9.17, 15) is 0 Å². The van der Waals surface area contributed by atoms with Gasteiger partial charge in [-0.05, 0) is 25.5 Å². The van der Waals surface area contributed by atoms with Crippen molar-refractivity contribution in [2.45, 2.75) is 20.4 Å². The Morgan fingerprint density at radius 2 is 2.07 bits per heavy atom. The normalized spacial score (nSPS) is 10.3. The summed E-state index contributed by atoms with van der Waals surface area (Å²) in [6, 6.07) is 8.29. The minimum Gasteiger partial charge on any atom is -0.379 e. The summed E-state index contributed by atoms with van der Waals surface area (Å²) in [5.41, 5.74) is 3.56. The van der Waals surface area contributed by atoms with E-state index in [4.69, 9.17) is 0 Å². The average Bonchev–Trinajstić information content (AvgIpc) is 2.63. The van der Waals surface area contributed by atoms with E-state index in [0.29, 0.717) is 0 Å². The Morgan fingerprint density at radius 1 is 1.27 bits per heavy atom. The third-order valence-electron chi connectivity index (χ3n) is 2.27. The van der Waals surface area contributed by atoms with Gasteiger partial charge in [0.05, 0.1) is 17.2 Å². The van der Waals surface area contributed by atoms with Gasteiger partial charge in [0.25, 0.3) is 0 Å². The molecule has 1 aromatic carbocycles. The van der Waals surface area contributed by atoms with E-state index in [0.717, 1.165) is 17.2 Å². The van der Waals surface area contributed by atoms with Gasteiger partial charge in [0.15, 0.2) is 0 Å². The lowest BCUT2D eigenvalue weighted by molar-refractivity contribution is 1.05. The lowest BCUT2D eigenvalue weighted by atomic mass is 10.2. The van der Waals surface area contributed by atoms with Crippen LogP contribution in [0.2, 0.25) is 0 Å². The predicted octanol–water partition coefficient (Wildman–Crippen LogP) is 3.37. The van der Waals surface area contributed by atoms with Crippen molar-refractivity contribution < 1.29 is 0 Å². The molecule has 2 rings (SSSR count). The van der Waals surface area contributed by atoms with Crippen LogP contribution in [0, 0.1) is 13.8 Å². The molecule has 0 aliphatic carbocycles. The zero-order chi connectivity index (χ0) is 10.7. The molecule has 0 bridgehead atoms. The van der Waals surface area contributed by atoms with Gasteiger partial charge in [0.1, 0.15) is 0 Å². The number of thiazole rings is 1. The molecule has 1 N–H and O–H groups in total. The van der Waals surface area contributed by atoms with Gasteiger partial charge in [-0.2, -0.15) is 0 Å². The van der Waals surface area contributed by atoms with Crippen molar-refractivity contribution in [3.63, 3.8) is 0 Å². The van der Waals surface area contributed by atoms with Gasteiger partial charge in [0, 0.05) is 11.1 Å². The summed E-state index contributed by atoms with van der Waals surface area (Å²) in [7, 11) is 0. The van der Waals surface area contributed by atoms with Gasteiger partial charge in [-0.25, -0.2) is 4.98 Å². The summed E-state index contributed by atoms with van der Waals surface area (Å²) in [6.45, 7) is 4.94. The summed E-state index contributed by atoms with van der Waals surface area (Å²) in [5.74, 6) is 0. The highest BCUT2D eigenvalue weighted by Gasteiger charge is 1.99. The Bertz CT molecular complexity index is 448. The molecule has 0 aliphatic heterocycles. The molecule has 78 valence electrons. The number of aromatic nitrogens is 1. The van der Waals surface area contributed by atoms with Gasteiger partial charge in [-0.3, -0.25) is 0 Å². The van der Waals surface area contributed by atoms with Crippen LogP contribution in [-0.4, -0.2) is 4.98 Å². The highest BCUT2D eigenvalue weighted by atomic mass is 32.1. The molecule has 2 nitrogen and oxygen atoms in total. The van der Waals surface area contributed by atoms with Crippen molar-refractivity contribution in [3.8, 4) is 0 Å². The van der Waals surface area contributed by atoms with Crippen LogP contribution in [0.15, 0.2) is 29.6 Å². The number of para-hydroxylation sites is 1. The number of aryl methyl sites for hydroxylation is 2. The number of benzene rings is 1.